The molecule has 4 aromatic rings. The summed E-state index contributed by atoms with van der Waals surface area (Å²) in [5.41, 5.74) is 2.47. The molecule has 1 aromatic heterocycles. The highest BCUT2D eigenvalue weighted by molar-refractivity contribution is 6.04. The minimum Gasteiger partial charge on any atom is -0.265 e. The first kappa shape index (κ1) is 11.2. The molecule has 0 unspecified atom stereocenters. The standard InChI is InChI=1S/C19H13N/c1-2-5-16-13-19-17(12-15(16)4-1)6-3-7-18(19)14-8-10-20-11-9-14/h1-13H. The van der Waals surface area contributed by atoms with Crippen molar-refractivity contribution in [2.45, 2.75) is 0 Å². The van der Waals surface area contributed by atoms with E-state index in [2.05, 4.69) is 71.7 Å². The Kier molecular flexibility index (Phi) is 2.49. The molecule has 0 saturated carbocycles. The van der Waals surface area contributed by atoms with Crippen molar-refractivity contribution in [2.24, 2.45) is 0 Å². The molecule has 1 nitrogen and oxygen atoms in total. The highest BCUT2D eigenvalue weighted by atomic mass is 14.6. The highest BCUT2D eigenvalue weighted by Crippen LogP contribution is 2.31. The third kappa shape index (κ3) is 1.76. The van der Waals surface area contributed by atoms with Gasteiger partial charge in [0.25, 0.3) is 0 Å². The summed E-state index contributed by atoms with van der Waals surface area (Å²) in [5, 5.41) is 5.13. The second-order valence-corrected chi connectivity index (χ2v) is 4.96. The SMILES string of the molecule is c1ccc2cc3c(-c4ccncc4)cccc3cc2c1. The second-order valence-electron chi connectivity index (χ2n) is 4.96. The van der Waals surface area contributed by atoms with E-state index in [1.165, 1.54) is 32.7 Å². The molecule has 0 spiro atoms. The van der Waals surface area contributed by atoms with E-state index in [1.807, 2.05) is 12.4 Å². The predicted octanol–water partition coefficient (Wildman–Crippen LogP) is 5.06. The van der Waals surface area contributed by atoms with E-state index in [1.54, 1.807) is 0 Å². The van der Waals surface area contributed by atoms with Crippen LogP contribution in [-0.2, 0) is 0 Å². The predicted molar refractivity (Wildman–Crippen MR) is 84.7 cm³/mol. The van der Waals surface area contributed by atoms with Gasteiger partial charge in [-0.2, -0.15) is 0 Å². The molecule has 0 aliphatic rings. The van der Waals surface area contributed by atoms with Gasteiger partial charge in [0, 0.05) is 12.4 Å². The van der Waals surface area contributed by atoms with Gasteiger partial charge in [0.1, 0.15) is 0 Å². The van der Waals surface area contributed by atoms with Crippen molar-refractivity contribution in [1.82, 2.24) is 4.98 Å². The van der Waals surface area contributed by atoms with Crippen LogP contribution in [0.1, 0.15) is 0 Å². The van der Waals surface area contributed by atoms with Gasteiger partial charge < -0.3 is 0 Å². The van der Waals surface area contributed by atoms with Gasteiger partial charge in [0.15, 0.2) is 0 Å². The Morgan fingerprint density at radius 1 is 0.600 bits per heavy atom. The molecule has 0 fully saturated rings. The maximum absolute atomic E-state index is 4.10. The zero-order valence-electron chi connectivity index (χ0n) is 11.0. The van der Waals surface area contributed by atoms with Crippen molar-refractivity contribution in [3.8, 4) is 11.1 Å². The van der Waals surface area contributed by atoms with E-state index in [9.17, 15) is 0 Å². The van der Waals surface area contributed by atoms with Crippen LogP contribution in [0.15, 0.2) is 79.1 Å². The second kappa shape index (κ2) is 4.46. The molecule has 0 aliphatic heterocycles. The molecule has 0 atom stereocenters. The van der Waals surface area contributed by atoms with Gasteiger partial charge >= 0.3 is 0 Å². The van der Waals surface area contributed by atoms with Crippen LogP contribution in [0.4, 0.5) is 0 Å². The summed E-state index contributed by atoms with van der Waals surface area (Å²) in [6.07, 6.45) is 3.68. The van der Waals surface area contributed by atoms with Crippen molar-refractivity contribution < 1.29 is 0 Å². The third-order valence-corrected chi connectivity index (χ3v) is 3.74. The molecule has 1 heterocycles. The number of aromatic nitrogens is 1. The lowest BCUT2D eigenvalue weighted by atomic mass is 9.96. The summed E-state index contributed by atoms with van der Waals surface area (Å²) < 4.78 is 0. The number of hydrogen-bond donors (Lipinski definition) is 0. The molecule has 94 valence electrons. The Morgan fingerprint density at radius 2 is 1.30 bits per heavy atom. The van der Waals surface area contributed by atoms with Gasteiger partial charge in [-0.1, -0.05) is 42.5 Å². The van der Waals surface area contributed by atoms with Crippen LogP contribution in [0.2, 0.25) is 0 Å². The zero-order chi connectivity index (χ0) is 13.4. The summed E-state index contributed by atoms with van der Waals surface area (Å²) in [6, 6.07) is 23.6. The first-order valence-corrected chi connectivity index (χ1v) is 6.74. The van der Waals surface area contributed by atoms with Gasteiger partial charge in [0.05, 0.1) is 0 Å². The summed E-state index contributed by atoms with van der Waals surface area (Å²) >= 11 is 0. The summed E-state index contributed by atoms with van der Waals surface area (Å²) in [4.78, 5) is 4.10. The van der Waals surface area contributed by atoms with Crippen LogP contribution in [0.5, 0.6) is 0 Å². The topological polar surface area (TPSA) is 12.9 Å². The number of rotatable bonds is 1. The zero-order valence-corrected chi connectivity index (χ0v) is 11.0. The first-order chi connectivity index (χ1) is 9.92. The quantitative estimate of drug-likeness (QED) is 0.433. The third-order valence-electron chi connectivity index (χ3n) is 3.74. The molecule has 3 aromatic carbocycles. The van der Waals surface area contributed by atoms with E-state index in [0.29, 0.717) is 0 Å². The molecule has 0 radical (unpaired) electrons. The maximum atomic E-state index is 4.10. The fourth-order valence-corrected chi connectivity index (χ4v) is 2.75. The summed E-state index contributed by atoms with van der Waals surface area (Å²) in [5.74, 6) is 0. The minimum absolute atomic E-state index is 1.21. The Bertz CT molecular complexity index is 895. The lowest BCUT2D eigenvalue weighted by molar-refractivity contribution is 1.33. The first-order valence-electron chi connectivity index (χ1n) is 6.74. The van der Waals surface area contributed by atoms with Gasteiger partial charge in [0.2, 0.25) is 0 Å². The van der Waals surface area contributed by atoms with Crippen LogP contribution in [0.25, 0.3) is 32.7 Å². The van der Waals surface area contributed by atoms with Crippen LogP contribution >= 0.6 is 0 Å². The molecule has 0 aliphatic carbocycles. The molecule has 1 heteroatoms. The molecular weight excluding hydrogens is 242 g/mol. The van der Waals surface area contributed by atoms with Gasteiger partial charge in [-0.05, 0) is 56.9 Å². The number of hydrogen-bond acceptors (Lipinski definition) is 1. The average molecular weight is 255 g/mol. The van der Waals surface area contributed by atoms with Crippen molar-refractivity contribution in [3.63, 3.8) is 0 Å². The normalized spacial score (nSPS) is 11.0. The average Bonchev–Trinajstić information content (AvgIpc) is 2.53. The van der Waals surface area contributed by atoms with E-state index in [4.69, 9.17) is 0 Å². The van der Waals surface area contributed by atoms with Crippen LogP contribution in [-0.4, -0.2) is 4.98 Å². The fourth-order valence-electron chi connectivity index (χ4n) is 2.75. The molecular formula is C19H13N. The van der Waals surface area contributed by atoms with Crippen molar-refractivity contribution >= 4 is 21.5 Å². The maximum Gasteiger partial charge on any atom is 0.0273 e. The van der Waals surface area contributed by atoms with Crippen molar-refractivity contribution in [2.75, 3.05) is 0 Å². The Labute approximate surface area is 117 Å². The van der Waals surface area contributed by atoms with E-state index in [0.717, 1.165) is 0 Å². The van der Waals surface area contributed by atoms with Crippen LogP contribution in [0, 0.1) is 0 Å². The van der Waals surface area contributed by atoms with Crippen molar-refractivity contribution in [3.05, 3.63) is 79.1 Å². The molecule has 0 bridgehead atoms. The molecule has 20 heavy (non-hydrogen) atoms. The highest BCUT2D eigenvalue weighted by Gasteiger charge is 2.04. The van der Waals surface area contributed by atoms with Gasteiger partial charge in [-0.25, -0.2) is 0 Å². The Morgan fingerprint density at radius 3 is 2.10 bits per heavy atom. The monoisotopic (exact) mass is 255 g/mol. The Hall–Kier alpha value is -2.67. The van der Waals surface area contributed by atoms with Crippen molar-refractivity contribution in [1.29, 1.82) is 0 Å². The van der Waals surface area contributed by atoms with E-state index >= 15 is 0 Å². The van der Waals surface area contributed by atoms with Gasteiger partial charge in [-0.3, -0.25) is 4.98 Å². The lowest BCUT2D eigenvalue weighted by Crippen LogP contribution is -1.83. The van der Waals surface area contributed by atoms with Crippen LogP contribution < -0.4 is 0 Å². The van der Waals surface area contributed by atoms with E-state index < -0.39 is 0 Å². The number of pyridine rings is 1. The lowest BCUT2D eigenvalue weighted by Gasteiger charge is -2.08. The van der Waals surface area contributed by atoms with Crippen LogP contribution in [0.3, 0.4) is 0 Å². The molecule has 0 saturated heterocycles. The Balaban J connectivity index is 2.09. The number of benzene rings is 3. The molecule has 0 amide bonds. The molecule has 0 N–H and O–H groups in total. The van der Waals surface area contributed by atoms with Gasteiger partial charge in [-0.15, -0.1) is 0 Å². The smallest absolute Gasteiger partial charge is 0.0273 e. The largest absolute Gasteiger partial charge is 0.265 e. The fraction of sp³-hybridized carbons (Fsp3) is 0. The van der Waals surface area contributed by atoms with E-state index in [-0.39, 0.29) is 0 Å². The summed E-state index contributed by atoms with van der Waals surface area (Å²) in [6.45, 7) is 0. The minimum atomic E-state index is 1.21. The number of nitrogens with zero attached hydrogens (tertiary/aromatic N) is 1. The summed E-state index contributed by atoms with van der Waals surface area (Å²) in [7, 11) is 0. The number of fused-ring (bicyclic) bond motifs is 2. The molecule has 4 rings (SSSR count).